The third-order valence-corrected chi connectivity index (χ3v) is 0.768. The van der Waals surface area contributed by atoms with Crippen LogP contribution in [-0.4, -0.2) is 19.7 Å². The Morgan fingerprint density at radius 2 is 1.00 bits per heavy atom. The van der Waals surface area contributed by atoms with Crippen molar-refractivity contribution >= 4 is 6.16 Å². The van der Waals surface area contributed by atoms with Gasteiger partial charge in [-0.25, -0.2) is 0 Å². The van der Waals surface area contributed by atoms with Crippen LogP contribution < -0.4 is 113 Å². The summed E-state index contributed by atoms with van der Waals surface area (Å²) in [6, 6.07) is 0. The van der Waals surface area contributed by atoms with Gasteiger partial charge in [-0.15, -0.1) is 0 Å². The second kappa shape index (κ2) is 18.6. The van der Waals surface area contributed by atoms with E-state index >= 15 is 0 Å². The first-order valence-electron chi connectivity index (χ1n) is 3.38. The topological polar surface area (TPSA) is 100 Å². The zero-order chi connectivity index (χ0) is 10.6. The van der Waals surface area contributed by atoms with Crippen LogP contribution in [0, 0.1) is 0 Å². The molecule has 0 atom stereocenters. The molecule has 0 saturated heterocycles. The van der Waals surface area contributed by atoms with E-state index < -0.39 is 6.16 Å². The Bertz CT molecular complexity index is 175. The monoisotopic (exact) mass is 282 g/mol. The normalized spacial score (nSPS) is 12.5. The number of hydrogen-bond donors (Lipinski definition) is 0. The van der Waals surface area contributed by atoms with E-state index in [9.17, 15) is 0 Å². The van der Waals surface area contributed by atoms with E-state index in [1.807, 2.05) is 0 Å². The molecular weight excluding hydrogens is 274 g/mol. The molecule has 0 radical (unpaired) electrons. The molecule has 2 aliphatic heterocycles. The second-order valence-corrected chi connectivity index (χ2v) is 1.70. The van der Waals surface area contributed by atoms with E-state index in [0.717, 1.165) is 0 Å². The SMILES string of the molecule is C1=COCO1.C1=COCO1.O=C([O-])[O-].[K+].[K+]. The molecule has 2 heterocycles. The molecule has 0 aromatic rings. The predicted octanol–water partition coefficient (Wildman–Crippen LogP) is -7.52. The molecule has 0 amide bonds. The van der Waals surface area contributed by atoms with Crippen molar-refractivity contribution in [2.45, 2.75) is 0 Å². The molecule has 0 aromatic heterocycles. The zero-order valence-electron chi connectivity index (χ0n) is 9.08. The average Bonchev–Trinajstić information content (AvgIpc) is 2.83. The van der Waals surface area contributed by atoms with Crippen molar-refractivity contribution in [1.29, 1.82) is 0 Å². The van der Waals surface area contributed by atoms with E-state index in [2.05, 4.69) is 18.9 Å². The summed E-state index contributed by atoms with van der Waals surface area (Å²) in [7, 11) is 0. The number of ether oxygens (including phenoxy) is 4. The Hall–Kier alpha value is 1.22. The van der Waals surface area contributed by atoms with Crippen LogP contribution in [0.2, 0.25) is 0 Å². The van der Waals surface area contributed by atoms with Crippen LogP contribution in [0.4, 0.5) is 4.79 Å². The molecule has 0 fully saturated rings. The first-order chi connectivity index (χ1) is 6.73. The molecule has 80 valence electrons. The first-order valence-corrected chi connectivity index (χ1v) is 3.38. The van der Waals surface area contributed by atoms with Gasteiger partial charge in [0.2, 0.25) is 13.6 Å². The maximum atomic E-state index is 8.33. The van der Waals surface area contributed by atoms with Crippen LogP contribution >= 0.6 is 0 Å². The number of hydrogen-bond acceptors (Lipinski definition) is 7. The molecule has 0 aliphatic carbocycles. The molecule has 16 heavy (non-hydrogen) atoms. The summed E-state index contributed by atoms with van der Waals surface area (Å²) in [5.74, 6) is 0. The van der Waals surface area contributed by atoms with E-state index in [1.54, 1.807) is 0 Å². The van der Waals surface area contributed by atoms with Gasteiger partial charge in [0.15, 0.2) is 0 Å². The summed E-state index contributed by atoms with van der Waals surface area (Å²) in [5.41, 5.74) is 0. The summed E-state index contributed by atoms with van der Waals surface area (Å²) in [4.78, 5) is 8.33. The Balaban J connectivity index is -0.000000151. The summed E-state index contributed by atoms with van der Waals surface area (Å²) in [6.45, 7) is 0.778. The van der Waals surface area contributed by atoms with Gasteiger partial charge in [0.1, 0.15) is 25.0 Å². The predicted molar refractivity (Wildman–Crippen MR) is 37.8 cm³/mol. The van der Waals surface area contributed by atoms with E-state index in [0.29, 0.717) is 13.6 Å². The van der Waals surface area contributed by atoms with Crippen molar-refractivity contribution in [3.8, 4) is 0 Å². The molecule has 0 unspecified atom stereocenters. The van der Waals surface area contributed by atoms with Crippen molar-refractivity contribution < 1.29 is 137 Å². The summed E-state index contributed by atoms with van der Waals surface area (Å²) >= 11 is 0. The van der Waals surface area contributed by atoms with Gasteiger partial charge in [-0.3, -0.25) is 0 Å². The number of carboxylic acid groups (broad SMARTS) is 2. The zero-order valence-corrected chi connectivity index (χ0v) is 15.3. The van der Waals surface area contributed by atoms with Crippen molar-refractivity contribution in [3.63, 3.8) is 0 Å². The van der Waals surface area contributed by atoms with Crippen LogP contribution in [0.1, 0.15) is 0 Å². The maximum absolute atomic E-state index is 8.33. The Kier molecular flexibility index (Phi) is 26.0. The van der Waals surface area contributed by atoms with Crippen LogP contribution in [0.5, 0.6) is 0 Å². The van der Waals surface area contributed by atoms with Gasteiger partial charge in [0, 0.05) is 0 Å². The van der Waals surface area contributed by atoms with Crippen molar-refractivity contribution in [2.75, 3.05) is 13.6 Å². The quantitative estimate of drug-likeness (QED) is 0.407. The molecule has 0 N–H and O–H groups in total. The minimum atomic E-state index is -2.33. The van der Waals surface area contributed by atoms with Gasteiger partial charge in [0.25, 0.3) is 0 Å². The Labute approximate surface area is 178 Å². The van der Waals surface area contributed by atoms with E-state index in [4.69, 9.17) is 15.0 Å². The largest absolute Gasteiger partial charge is 1.00 e. The van der Waals surface area contributed by atoms with Gasteiger partial charge < -0.3 is 34.0 Å². The molecule has 0 bridgehead atoms. The van der Waals surface area contributed by atoms with Gasteiger partial charge in [-0.05, 0) is 6.16 Å². The smallest absolute Gasteiger partial charge is 0.652 e. The summed E-state index contributed by atoms with van der Waals surface area (Å²) in [6.07, 6.45) is 3.72. The third-order valence-electron chi connectivity index (χ3n) is 0.768. The molecule has 0 spiro atoms. The summed E-state index contributed by atoms with van der Waals surface area (Å²) in [5, 5.41) is 16.7. The van der Waals surface area contributed by atoms with E-state index in [1.165, 1.54) is 25.0 Å². The third kappa shape index (κ3) is 24.4. The fraction of sp³-hybridized carbons (Fsp3) is 0.286. The van der Waals surface area contributed by atoms with Crippen LogP contribution in [0.25, 0.3) is 0 Å². The van der Waals surface area contributed by atoms with Crippen LogP contribution in [0.3, 0.4) is 0 Å². The number of rotatable bonds is 0. The minimum Gasteiger partial charge on any atom is -0.652 e. The van der Waals surface area contributed by atoms with Gasteiger partial charge in [-0.2, -0.15) is 0 Å². The Morgan fingerprint density at radius 3 is 1.06 bits per heavy atom. The van der Waals surface area contributed by atoms with Crippen molar-refractivity contribution in [3.05, 3.63) is 25.0 Å². The van der Waals surface area contributed by atoms with Crippen LogP contribution in [-0.2, 0) is 18.9 Å². The molecular formula is C7H8K2O7. The molecule has 7 nitrogen and oxygen atoms in total. The molecule has 2 aliphatic rings. The first kappa shape index (κ1) is 22.4. The van der Waals surface area contributed by atoms with Crippen molar-refractivity contribution in [1.82, 2.24) is 0 Å². The fourth-order valence-corrected chi connectivity index (χ4v) is 0.393. The summed E-state index contributed by atoms with van der Waals surface area (Å²) < 4.78 is 18.2. The fourth-order valence-electron chi connectivity index (χ4n) is 0.393. The van der Waals surface area contributed by atoms with Gasteiger partial charge >= 0.3 is 103 Å². The van der Waals surface area contributed by atoms with Crippen LogP contribution in [0.15, 0.2) is 25.0 Å². The molecule has 0 aromatic carbocycles. The van der Waals surface area contributed by atoms with Gasteiger partial charge in [0.05, 0.1) is 0 Å². The number of carbonyl (C=O) groups is 1. The molecule has 9 heteroatoms. The van der Waals surface area contributed by atoms with Crippen molar-refractivity contribution in [2.24, 2.45) is 0 Å². The minimum absolute atomic E-state index is 0. The maximum Gasteiger partial charge on any atom is 1.00 e. The Morgan fingerprint density at radius 1 is 0.812 bits per heavy atom. The average molecular weight is 282 g/mol. The number of carbonyl (C=O) groups excluding carboxylic acids is 1. The standard InChI is InChI=1S/2C3H4O2.CH2O3.2K/c2*1-2-5-3-4-1;2-1(3)4;;/h2*1-2H,3H2;(H2,2,3,4);;/q;;;2*+1/p-2. The molecule has 0 saturated carbocycles. The second-order valence-electron chi connectivity index (χ2n) is 1.70. The molecule has 2 rings (SSSR count). The van der Waals surface area contributed by atoms with E-state index in [-0.39, 0.29) is 103 Å². The van der Waals surface area contributed by atoms with Gasteiger partial charge in [-0.1, -0.05) is 0 Å².